The third-order valence-electron chi connectivity index (χ3n) is 3.05. The van der Waals surface area contributed by atoms with Crippen molar-refractivity contribution in [1.29, 1.82) is 0 Å². The van der Waals surface area contributed by atoms with E-state index < -0.39 is 11.7 Å². The molecule has 0 spiro atoms. The van der Waals surface area contributed by atoms with Crippen LogP contribution in [0.15, 0.2) is 46.0 Å². The van der Waals surface area contributed by atoms with Gasteiger partial charge in [0, 0.05) is 5.56 Å². The molecule has 3 aromatic rings. The van der Waals surface area contributed by atoms with E-state index in [1.54, 1.807) is 18.2 Å². The fraction of sp³-hybridized carbons (Fsp3) is 0.200. The van der Waals surface area contributed by atoms with Gasteiger partial charge in [0.2, 0.25) is 5.16 Å². The first kappa shape index (κ1) is 15.7. The van der Waals surface area contributed by atoms with Gasteiger partial charge in [0.05, 0.1) is 5.56 Å². The average Bonchev–Trinajstić information content (AvgIpc) is 3.15. The molecule has 1 N–H and O–H groups in total. The molecule has 23 heavy (non-hydrogen) atoms. The monoisotopic (exact) mass is 339 g/mol. The van der Waals surface area contributed by atoms with E-state index >= 15 is 0 Å². The zero-order valence-electron chi connectivity index (χ0n) is 12.0. The van der Waals surface area contributed by atoms with E-state index in [1.807, 2.05) is 6.92 Å². The molecule has 3 rings (SSSR count). The zero-order chi connectivity index (χ0) is 16.4. The summed E-state index contributed by atoms with van der Waals surface area (Å²) in [6.45, 7) is 1.99. The first-order valence-electron chi connectivity index (χ1n) is 6.80. The predicted molar refractivity (Wildman–Crippen MR) is 80.9 cm³/mol. The van der Waals surface area contributed by atoms with Crippen molar-refractivity contribution in [3.63, 3.8) is 0 Å². The number of nitrogens with zero attached hydrogens (tertiary/aromatic N) is 2. The highest BCUT2D eigenvalue weighted by atomic mass is 32.2. The molecule has 2 heterocycles. The summed E-state index contributed by atoms with van der Waals surface area (Å²) in [5.74, 6) is 2.05. The number of alkyl halides is 3. The molecule has 0 atom stereocenters. The maximum Gasteiger partial charge on any atom is 0.416 e. The Bertz CT molecular complexity index is 810. The Morgan fingerprint density at radius 2 is 1.96 bits per heavy atom. The van der Waals surface area contributed by atoms with E-state index in [4.69, 9.17) is 4.42 Å². The number of nitrogens with one attached hydrogen (secondary N) is 1. The number of aromatic amines is 1. The molecule has 0 fully saturated rings. The van der Waals surface area contributed by atoms with Crippen LogP contribution >= 0.6 is 11.8 Å². The van der Waals surface area contributed by atoms with Gasteiger partial charge < -0.3 is 4.42 Å². The fourth-order valence-corrected chi connectivity index (χ4v) is 2.54. The predicted octanol–water partition coefficient (Wildman–Crippen LogP) is 4.86. The van der Waals surface area contributed by atoms with Gasteiger partial charge in [0.25, 0.3) is 0 Å². The van der Waals surface area contributed by atoms with Crippen LogP contribution in [0.2, 0.25) is 0 Å². The third kappa shape index (κ3) is 3.42. The Hall–Kier alpha value is -2.22. The van der Waals surface area contributed by atoms with Crippen LogP contribution < -0.4 is 0 Å². The molecule has 2 aromatic heterocycles. The number of furan rings is 1. The number of halogens is 3. The van der Waals surface area contributed by atoms with Gasteiger partial charge in [-0.15, -0.1) is 5.10 Å². The van der Waals surface area contributed by atoms with Gasteiger partial charge in [-0.1, -0.05) is 30.8 Å². The topological polar surface area (TPSA) is 54.7 Å². The summed E-state index contributed by atoms with van der Waals surface area (Å²) in [6, 6.07) is 8.26. The van der Waals surface area contributed by atoms with Crippen molar-refractivity contribution in [3.8, 4) is 22.9 Å². The van der Waals surface area contributed by atoms with Crippen molar-refractivity contribution in [2.75, 3.05) is 5.75 Å². The lowest BCUT2D eigenvalue weighted by molar-refractivity contribution is -0.137. The standard InChI is InChI=1S/C15H12F3N3OS/c1-2-23-14-19-13(20-21-14)12-7-6-11(22-12)9-4-3-5-10(8-9)15(16,17)18/h3-8H,2H2,1H3,(H,19,20,21). The Morgan fingerprint density at radius 3 is 2.70 bits per heavy atom. The highest BCUT2D eigenvalue weighted by molar-refractivity contribution is 7.99. The van der Waals surface area contributed by atoms with Crippen LogP contribution in [0.4, 0.5) is 13.2 Å². The number of rotatable bonds is 4. The number of H-pyrrole nitrogens is 1. The van der Waals surface area contributed by atoms with E-state index in [-0.39, 0.29) is 0 Å². The second kappa shape index (κ2) is 6.11. The summed E-state index contributed by atoms with van der Waals surface area (Å²) < 4.78 is 43.9. The summed E-state index contributed by atoms with van der Waals surface area (Å²) >= 11 is 1.48. The Balaban J connectivity index is 1.89. The fourth-order valence-electron chi connectivity index (χ4n) is 2.02. The van der Waals surface area contributed by atoms with E-state index in [0.717, 1.165) is 17.9 Å². The minimum absolute atomic E-state index is 0.340. The van der Waals surface area contributed by atoms with Gasteiger partial charge in [-0.2, -0.15) is 18.2 Å². The van der Waals surface area contributed by atoms with Crippen LogP contribution in [0.25, 0.3) is 22.9 Å². The first-order chi connectivity index (χ1) is 11.0. The molecule has 120 valence electrons. The number of benzene rings is 1. The van der Waals surface area contributed by atoms with Crippen LogP contribution in [-0.4, -0.2) is 20.9 Å². The van der Waals surface area contributed by atoms with Gasteiger partial charge in [0.15, 0.2) is 11.6 Å². The quantitative estimate of drug-likeness (QED) is 0.690. The van der Waals surface area contributed by atoms with Crippen LogP contribution in [0.5, 0.6) is 0 Å². The van der Waals surface area contributed by atoms with Crippen molar-refractivity contribution >= 4 is 11.8 Å². The van der Waals surface area contributed by atoms with Gasteiger partial charge in [-0.3, -0.25) is 5.10 Å². The molecular formula is C15H12F3N3OS. The SMILES string of the molecule is CCSc1n[nH]c(-c2ccc(-c3cccc(C(F)(F)F)c3)o2)n1. The highest BCUT2D eigenvalue weighted by Crippen LogP contribution is 2.33. The summed E-state index contributed by atoms with van der Waals surface area (Å²) in [7, 11) is 0. The number of hydrogen-bond acceptors (Lipinski definition) is 4. The first-order valence-corrected chi connectivity index (χ1v) is 7.79. The molecule has 0 aliphatic heterocycles. The molecule has 0 aliphatic carbocycles. The molecule has 4 nitrogen and oxygen atoms in total. The van der Waals surface area contributed by atoms with Crippen molar-refractivity contribution in [2.24, 2.45) is 0 Å². The lowest BCUT2D eigenvalue weighted by Crippen LogP contribution is -2.04. The molecular weight excluding hydrogens is 327 g/mol. The zero-order valence-corrected chi connectivity index (χ0v) is 12.8. The average molecular weight is 339 g/mol. The minimum atomic E-state index is -4.39. The number of aromatic nitrogens is 3. The molecule has 0 saturated carbocycles. The summed E-state index contributed by atoms with van der Waals surface area (Å²) in [5, 5.41) is 7.38. The number of hydrogen-bond donors (Lipinski definition) is 1. The second-order valence-corrected chi connectivity index (χ2v) is 5.87. The lowest BCUT2D eigenvalue weighted by atomic mass is 10.1. The highest BCUT2D eigenvalue weighted by Gasteiger charge is 2.30. The molecule has 0 radical (unpaired) electrons. The summed E-state index contributed by atoms with van der Waals surface area (Å²) in [5.41, 5.74) is -0.358. The van der Waals surface area contributed by atoms with Crippen LogP contribution in [0, 0.1) is 0 Å². The largest absolute Gasteiger partial charge is 0.453 e. The van der Waals surface area contributed by atoms with Gasteiger partial charge in [-0.25, -0.2) is 0 Å². The lowest BCUT2D eigenvalue weighted by Gasteiger charge is -2.07. The molecule has 0 unspecified atom stereocenters. The smallest absolute Gasteiger partial charge is 0.416 e. The molecule has 0 aliphatic rings. The van der Waals surface area contributed by atoms with Gasteiger partial charge >= 0.3 is 6.18 Å². The van der Waals surface area contributed by atoms with Crippen molar-refractivity contribution in [1.82, 2.24) is 15.2 Å². The van der Waals surface area contributed by atoms with E-state index in [9.17, 15) is 13.2 Å². The van der Waals surface area contributed by atoms with Crippen LogP contribution in [-0.2, 0) is 6.18 Å². The molecule has 0 bridgehead atoms. The Labute approximate surface area is 134 Å². The van der Waals surface area contributed by atoms with E-state index in [2.05, 4.69) is 15.2 Å². The third-order valence-corrected chi connectivity index (χ3v) is 3.78. The Morgan fingerprint density at radius 1 is 1.17 bits per heavy atom. The number of thioether (sulfide) groups is 1. The van der Waals surface area contributed by atoms with Crippen molar-refractivity contribution in [2.45, 2.75) is 18.3 Å². The van der Waals surface area contributed by atoms with Gasteiger partial charge in [0.1, 0.15) is 5.76 Å². The molecule has 8 heteroatoms. The molecule has 0 amide bonds. The second-order valence-electron chi connectivity index (χ2n) is 4.64. The van der Waals surface area contributed by atoms with Crippen molar-refractivity contribution < 1.29 is 17.6 Å². The van der Waals surface area contributed by atoms with Gasteiger partial charge in [-0.05, 0) is 30.0 Å². The van der Waals surface area contributed by atoms with E-state index in [0.29, 0.717) is 28.1 Å². The Kier molecular flexibility index (Phi) is 4.16. The van der Waals surface area contributed by atoms with Crippen LogP contribution in [0.1, 0.15) is 12.5 Å². The molecule has 1 aromatic carbocycles. The van der Waals surface area contributed by atoms with E-state index in [1.165, 1.54) is 17.8 Å². The molecule has 0 saturated heterocycles. The van der Waals surface area contributed by atoms with Crippen molar-refractivity contribution in [3.05, 3.63) is 42.0 Å². The van der Waals surface area contributed by atoms with Crippen LogP contribution in [0.3, 0.4) is 0 Å². The minimum Gasteiger partial charge on any atom is -0.453 e. The maximum absolute atomic E-state index is 12.8. The maximum atomic E-state index is 12.8. The summed E-state index contributed by atoms with van der Waals surface area (Å²) in [4.78, 5) is 4.26. The summed E-state index contributed by atoms with van der Waals surface area (Å²) in [6.07, 6.45) is -4.39. The normalized spacial score (nSPS) is 11.8.